The molecule has 0 N–H and O–H groups in total. The molecule has 242 valence electrons. The lowest BCUT2D eigenvalue weighted by Crippen LogP contribution is -2.11. The van der Waals surface area contributed by atoms with Gasteiger partial charge < -0.3 is 0 Å². The fourth-order valence-corrected chi connectivity index (χ4v) is 7.47. The van der Waals surface area contributed by atoms with E-state index < -0.39 is 0 Å². The monoisotopic (exact) mass is 653 g/mol. The van der Waals surface area contributed by atoms with Crippen molar-refractivity contribution in [1.29, 1.82) is 0 Å². The minimum absolute atomic E-state index is 0.710. The maximum atomic E-state index is 5.57. The van der Waals surface area contributed by atoms with Gasteiger partial charge in [-0.25, -0.2) is 9.98 Å². The van der Waals surface area contributed by atoms with Gasteiger partial charge in [0.25, 0.3) is 0 Å². The van der Waals surface area contributed by atoms with Crippen molar-refractivity contribution in [2.24, 2.45) is 9.98 Å². The lowest BCUT2D eigenvalue weighted by atomic mass is 9.90. The van der Waals surface area contributed by atoms with Crippen LogP contribution >= 0.6 is 0 Å². The van der Waals surface area contributed by atoms with Crippen molar-refractivity contribution in [3.63, 3.8) is 0 Å². The Hall–Kier alpha value is -6.45. The zero-order valence-electron chi connectivity index (χ0n) is 28.4. The quantitative estimate of drug-likeness (QED) is 0.170. The highest BCUT2D eigenvalue weighted by Crippen LogP contribution is 2.38. The van der Waals surface area contributed by atoms with Crippen LogP contribution in [0.5, 0.6) is 0 Å². The van der Waals surface area contributed by atoms with E-state index in [-0.39, 0.29) is 0 Å². The van der Waals surface area contributed by atoms with Gasteiger partial charge in [-0.1, -0.05) is 140 Å². The number of pyridine rings is 1. The molecule has 0 saturated heterocycles. The predicted molar refractivity (Wildman–Crippen MR) is 215 cm³/mol. The van der Waals surface area contributed by atoms with Crippen LogP contribution in [0.3, 0.4) is 0 Å². The van der Waals surface area contributed by atoms with E-state index in [4.69, 9.17) is 9.98 Å². The highest BCUT2D eigenvalue weighted by Gasteiger charge is 2.20. The number of allylic oxidation sites excluding steroid dienone is 1. The molecule has 9 rings (SSSR count). The van der Waals surface area contributed by atoms with Gasteiger partial charge in [0.2, 0.25) is 0 Å². The van der Waals surface area contributed by atoms with E-state index in [2.05, 4.69) is 170 Å². The van der Waals surface area contributed by atoms with Crippen LogP contribution < -0.4 is 0 Å². The van der Waals surface area contributed by atoms with Crippen molar-refractivity contribution in [2.75, 3.05) is 0 Å². The molecule has 0 radical (unpaired) electrons. The Morgan fingerprint density at radius 3 is 1.88 bits per heavy atom. The van der Waals surface area contributed by atoms with E-state index in [9.17, 15) is 0 Å². The molecule has 1 aromatic heterocycles. The average molecular weight is 654 g/mol. The molecular formula is C48H35N3. The Morgan fingerprint density at radius 2 is 1.12 bits per heavy atom. The Morgan fingerprint density at radius 1 is 0.451 bits per heavy atom. The number of benzene rings is 7. The van der Waals surface area contributed by atoms with Crippen LogP contribution in [-0.4, -0.2) is 16.5 Å². The van der Waals surface area contributed by atoms with Crippen LogP contribution in [0, 0.1) is 0 Å². The first-order chi connectivity index (χ1) is 25.2. The normalized spacial score (nSPS) is 15.0. The number of aromatic nitrogens is 1. The van der Waals surface area contributed by atoms with Gasteiger partial charge in [-0.05, 0) is 98.3 Å². The smallest absolute Gasteiger partial charge is 0.160 e. The lowest BCUT2D eigenvalue weighted by Gasteiger charge is -2.19. The van der Waals surface area contributed by atoms with Crippen LogP contribution in [0.25, 0.3) is 60.3 Å². The fraction of sp³-hybridized carbons (Fsp3) is 0.0625. The molecule has 0 saturated carbocycles. The van der Waals surface area contributed by atoms with Crippen LogP contribution in [0.2, 0.25) is 0 Å². The van der Waals surface area contributed by atoms with E-state index in [0.29, 0.717) is 5.84 Å². The summed E-state index contributed by atoms with van der Waals surface area (Å²) in [7, 11) is 0. The number of fused-ring (bicyclic) bond motifs is 5. The van der Waals surface area contributed by atoms with Gasteiger partial charge in [0, 0.05) is 28.9 Å². The van der Waals surface area contributed by atoms with Gasteiger partial charge in [-0.3, -0.25) is 4.98 Å². The number of nitrogens with zero attached hydrogens (tertiary/aromatic N) is 3. The zero-order valence-corrected chi connectivity index (χ0v) is 28.4. The lowest BCUT2D eigenvalue weighted by molar-refractivity contribution is 1.00. The summed E-state index contributed by atoms with van der Waals surface area (Å²) in [5.41, 5.74) is 11.2. The first-order valence-corrected chi connectivity index (χ1v) is 17.6. The molecule has 2 heterocycles. The summed E-state index contributed by atoms with van der Waals surface area (Å²) in [5.74, 6) is 0.710. The molecule has 0 atom stereocenters. The van der Waals surface area contributed by atoms with Gasteiger partial charge in [-0.2, -0.15) is 0 Å². The summed E-state index contributed by atoms with van der Waals surface area (Å²) in [6, 6.07) is 56.1. The van der Waals surface area contributed by atoms with Crippen LogP contribution in [0.1, 0.15) is 36.5 Å². The molecule has 0 unspecified atom stereocenters. The Kier molecular flexibility index (Phi) is 7.87. The molecule has 0 spiro atoms. The maximum Gasteiger partial charge on any atom is 0.160 e. The minimum atomic E-state index is 0.710. The van der Waals surface area contributed by atoms with Crippen LogP contribution in [0.15, 0.2) is 186 Å². The summed E-state index contributed by atoms with van der Waals surface area (Å²) in [5, 5.41) is 6.99. The van der Waals surface area contributed by atoms with E-state index in [1.807, 2.05) is 12.4 Å². The van der Waals surface area contributed by atoms with Crippen molar-refractivity contribution in [1.82, 2.24) is 4.98 Å². The molecule has 1 aliphatic rings. The van der Waals surface area contributed by atoms with Crippen LogP contribution in [0.4, 0.5) is 0 Å². The van der Waals surface area contributed by atoms with Gasteiger partial charge in [0.1, 0.15) is 0 Å². The fourth-order valence-electron chi connectivity index (χ4n) is 7.47. The number of hydrogen-bond acceptors (Lipinski definition) is 3. The number of rotatable bonds is 5. The van der Waals surface area contributed by atoms with Crippen molar-refractivity contribution < 1.29 is 0 Å². The van der Waals surface area contributed by atoms with E-state index in [0.717, 1.165) is 51.7 Å². The third-order valence-corrected chi connectivity index (χ3v) is 10.1. The standard InChI is InChI=1S/C48H35N3/c1-32-21-26-45(37-23-24-39(33-13-5-2-6-14-33)43(29-37)34-15-7-3-8-16-34)50-48(51-47(32)36-18-9-4-10-19-36)44-30-38-31-49-28-27-41(38)46-40-20-12-11-17-35(40)22-25-42(44)46/h2-20,22-25,27-31H,21,26H2,1H3/b47-32+,50-45?,51-48?. The summed E-state index contributed by atoms with van der Waals surface area (Å²) in [6.45, 7) is 2.22. The highest BCUT2D eigenvalue weighted by atomic mass is 14.9. The number of amidine groups is 1. The Bertz CT molecular complexity index is 2650. The Balaban J connectivity index is 1.31. The maximum absolute atomic E-state index is 5.57. The second-order valence-electron chi connectivity index (χ2n) is 13.2. The van der Waals surface area contributed by atoms with Crippen molar-refractivity contribution in [3.05, 3.63) is 192 Å². The molecule has 1 aliphatic heterocycles. The van der Waals surface area contributed by atoms with E-state index in [1.54, 1.807) is 0 Å². The van der Waals surface area contributed by atoms with Crippen molar-refractivity contribution in [2.45, 2.75) is 19.8 Å². The second-order valence-corrected chi connectivity index (χ2v) is 13.2. The molecule has 7 aromatic carbocycles. The molecule has 0 aliphatic carbocycles. The van der Waals surface area contributed by atoms with Gasteiger partial charge >= 0.3 is 0 Å². The first-order valence-electron chi connectivity index (χ1n) is 17.6. The van der Waals surface area contributed by atoms with E-state index in [1.165, 1.54) is 49.4 Å². The second kappa shape index (κ2) is 13.1. The molecule has 0 amide bonds. The average Bonchev–Trinajstić information content (AvgIpc) is 3.20. The third kappa shape index (κ3) is 5.73. The number of aliphatic imine (C=N–C) groups is 2. The Labute approximate surface area is 298 Å². The topological polar surface area (TPSA) is 37.6 Å². The van der Waals surface area contributed by atoms with Gasteiger partial charge in [0.05, 0.1) is 11.4 Å². The number of hydrogen-bond donors (Lipinski definition) is 0. The predicted octanol–water partition coefficient (Wildman–Crippen LogP) is 12.3. The largest absolute Gasteiger partial charge is 0.264 e. The van der Waals surface area contributed by atoms with Crippen LogP contribution in [-0.2, 0) is 0 Å². The minimum Gasteiger partial charge on any atom is -0.264 e. The molecule has 3 heteroatoms. The molecule has 0 fully saturated rings. The summed E-state index contributed by atoms with van der Waals surface area (Å²) in [4.78, 5) is 15.6. The highest BCUT2D eigenvalue weighted by molar-refractivity contribution is 6.27. The molecular weight excluding hydrogens is 619 g/mol. The summed E-state index contributed by atoms with van der Waals surface area (Å²) < 4.78 is 0. The molecule has 0 bridgehead atoms. The van der Waals surface area contributed by atoms with Crippen molar-refractivity contribution >= 4 is 49.6 Å². The van der Waals surface area contributed by atoms with E-state index >= 15 is 0 Å². The molecule has 8 aromatic rings. The zero-order chi connectivity index (χ0) is 34.1. The van der Waals surface area contributed by atoms with Gasteiger partial charge in [-0.15, -0.1) is 0 Å². The SMILES string of the molecule is C/C1=C(/c2ccccc2)N=C(c2cc3cnccc3c3c2ccc2ccccc23)N=C(c2ccc(-c3ccccc3)c(-c3ccccc3)c2)CC1. The first kappa shape index (κ1) is 30.6. The molecule has 51 heavy (non-hydrogen) atoms. The van der Waals surface area contributed by atoms with Crippen molar-refractivity contribution in [3.8, 4) is 22.3 Å². The van der Waals surface area contributed by atoms with Gasteiger partial charge in [0.15, 0.2) is 5.84 Å². The summed E-state index contributed by atoms with van der Waals surface area (Å²) in [6.07, 6.45) is 5.49. The molecule has 3 nitrogen and oxygen atoms in total. The third-order valence-electron chi connectivity index (χ3n) is 10.1. The summed E-state index contributed by atoms with van der Waals surface area (Å²) >= 11 is 0.